The largest absolute Gasteiger partial charge is 0.494 e. The summed E-state index contributed by atoms with van der Waals surface area (Å²) < 4.78 is 45.2. The highest BCUT2D eigenvalue weighted by Crippen LogP contribution is 2.28. The van der Waals surface area contributed by atoms with E-state index >= 15 is 0 Å². The second-order valence-electron chi connectivity index (χ2n) is 7.33. The molecule has 1 N–H and O–H groups in total. The van der Waals surface area contributed by atoms with Crippen molar-refractivity contribution in [2.45, 2.75) is 30.6 Å². The van der Waals surface area contributed by atoms with Crippen LogP contribution in [-0.4, -0.2) is 26.7 Å². The van der Waals surface area contributed by atoms with Crippen LogP contribution < -0.4 is 10.1 Å². The minimum absolute atomic E-state index is 0.00169. The predicted molar refractivity (Wildman–Crippen MR) is 114 cm³/mol. The first-order valence-electron chi connectivity index (χ1n) is 9.90. The van der Waals surface area contributed by atoms with Crippen molar-refractivity contribution in [1.82, 2.24) is 0 Å². The van der Waals surface area contributed by atoms with Crippen LogP contribution in [-0.2, 0) is 21.1 Å². The van der Waals surface area contributed by atoms with E-state index in [-0.39, 0.29) is 16.6 Å². The Hall–Kier alpha value is -2.93. The van der Waals surface area contributed by atoms with Gasteiger partial charge in [-0.15, -0.1) is 0 Å². The molecule has 0 radical (unpaired) electrons. The van der Waals surface area contributed by atoms with Crippen LogP contribution in [0.2, 0.25) is 0 Å². The topological polar surface area (TPSA) is 72.5 Å². The Balaban J connectivity index is 1.34. The maximum Gasteiger partial charge on any atom is 0.224 e. The van der Waals surface area contributed by atoms with E-state index in [4.69, 9.17) is 4.74 Å². The van der Waals surface area contributed by atoms with E-state index in [9.17, 15) is 17.6 Å². The molecule has 5 nitrogen and oxygen atoms in total. The zero-order valence-electron chi connectivity index (χ0n) is 16.4. The first-order valence-corrected chi connectivity index (χ1v) is 11.5. The van der Waals surface area contributed by atoms with Gasteiger partial charge in [0.1, 0.15) is 11.6 Å². The molecule has 0 fully saturated rings. The Morgan fingerprint density at radius 3 is 2.60 bits per heavy atom. The van der Waals surface area contributed by atoms with E-state index in [1.165, 1.54) is 12.1 Å². The van der Waals surface area contributed by atoms with Crippen molar-refractivity contribution in [3.63, 3.8) is 0 Å². The zero-order chi connectivity index (χ0) is 21.1. The van der Waals surface area contributed by atoms with Crippen molar-refractivity contribution in [3.05, 3.63) is 66.0 Å². The lowest BCUT2D eigenvalue weighted by Crippen LogP contribution is -2.18. The average Bonchev–Trinajstić information content (AvgIpc) is 2.73. The summed E-state index contributed by atoms with van der Waals surface area (Å²) in [6.07, 6.45) is 2.19. The number of ether oxygens (including phenoxy) is 1. The van der Waals surface area contributed by atoms with Crippen molar-refractivity contribution in [1.29, 1.82) is 0 Å². The van der Waals surface area contributed by atoms with Gasteiger partial charge in [0, 0.05) is 28.9 Å². The van der Waals surface area contributed by atoms with Crippen molar-refractivity contribution < 1.29 is 22.3 Å². The second kappa shape index (κ2) is 8.44. The third kappa shape index (κ3) is 4.31. The molecule has 0 unspecified atom stereocenters. The van der Waals surface area contributed by atoms with Gasteiger partial charge in [-0.05, 0) is 43.0 Å². The van der Waals surface area contributed by atoms with E-state index in [1.807, 2.05) is 12.1 Å². The van der Waals surface area contributed by atoms with Crippen LogP contribution in [0.3, 0.4) is 0 Å². The lowest BCUT2D eigenvalue weighted by atomic mass is 10.0. The number of benzene rings is 3. The molecule has 0 saturated carbocycles. The number of rotatable bonds is 7. The molecular formula is C23H22FNO4S. The summed E-state index contributed by atoms with van der Waals surface area (Å²) in [4.78, 5) is 11.7. The molecule has 4 rings (SSSR count). The van der Waals surface area contributed by atoms with Gasteiger partial charge < -0.3 is 10.1 Å². The fraction of sp³-hybridized carbons (Fsp3) is 0.261. The normalized spacial score (nSPS) is 13.7. The molecule has 1 amide bonds. The Labute approximate surface area is 174 Å². The molecule has 1 aliphatic rings. The molecular weight excluding hydrogens is 405 g/mol. The molecule has 1 heterocycles. The van der Waals surface area contributed by atoms with Crippen LogP contribution in [0.15, 0.2) is 59.5 Å². The molecule has 30 heavy (non-hydrogen) atoms. The van der Waals surface area contributed by atoms with Gasteiger partial charge in [0.25, 0.3) is 0 Å². The van der Waals surface area contributed by atoms with E-state index in [2.05, 4.69) is 5.32 Å². The fourth-order valence-electron chi connectivity index (χ4n) is 3.64. The lowest BCUT2D eigenvalue weighted by molar-refractivity contribution is -0.116. The predicted octanol–water partition coefficient (Wildman–Crippen LogP) is 4.50. The number of nitrogens with one attached hydrogen (secondary N) is 1. The highest BCUT2D eigenvalue weighted by Gasteiger charge is 2.19. The van der Waals surface area contributed by atoms with E-state index in [1.54, 1.807) is 30.3 Å². The SMILES string of the molecule is O=C1CCc2ccc(OCCCCS(=O)(=O)c3ccc(F)c4ccccc34)cc2N1. The van der Waals surface area contributed by atoms with Gasteiger partial charge in [-0.2, -0.15) is 0 Å². The van der Waals surface area contributed by atoms with Gasteiger partial charge in [0.05, 0.1) is 17.3 Å². The smallest absolute Gasteiger partial charge is 0.224 e. The van der Waals surface area contributed by atoms with Crippen LogP contribution in [0.1, 0.15) is 24.8 Å². The minimum atomic E-state index is -3.54. The first kappa shape index (κ1) is 20.3. The summed E-state index contributed by atoms with van der Waals surface area (Å²) in [6.45, 7) is 0.367. The maximum atomic E-state index is 14.0. The average molecular weight is 427 g/mol. The summed E-state index contributed by atoms with van der Waals surface area (Å²) in [5, 5.41) is 3.55. The number of sulfone groups is 1. The molecule has 0 spiro atoms. The number of carbonyl (C=O) groups excluding carboxylic acids is 1. The van der Waals surface area contributed by atoms with Crippen LogP contribution in [0, 0.1) is 5.82 Å². The van der Waals surface area contributed by atoms with Gasteiger partial charge in [-0.3, -0.25) is 4.79 Å². The molecule has 156 valence electrons. The minimum Gasteiger partial charge on any atom is -0.494 e. The first-order chi connectivity index (χ1) is 14.4. The van der Waals surface area contributed by atoms with Crippen molar-refractivity contribution in [2.24, 2.45) is 0 Å². The molecule has 0 aliphatic carbocycles. The van der Waals surface area contributed by atoms with Crippen molar-refractivity contribution in [3.8, 4) is 5.75 Å². The van der Waals surface area contributed by atoms with E-state index in [0.717, 1.165) is 17.7 Å². The van der Waals surface area contributed by atoms with E-state index < -0.39 is 15.7 Å². The second-order valence-corrected chi connectivity index (χ2v) is 9.41. The third-order valence-corrected chi connectivity index (χ3v) is 7.07. The Bertz CT molecular complexity index is 1210. The quantitative estimate of drug-likeness (QED) is 0.445. The van der Waals surface area contributed by atoms with Gasteiger partial charge in [0.15, 0.2) is 9.84 Å². The molecule has 0 atom stereocenters. The molecule has 0 saturated heterocycles. The van der Waals surface area contributed by atoms with Crippen LogP contribution >= 0.6 is 0 Å². The number of aryl methyl sites for hydroxylation is 1. The summed E-state index contributed by atoms with van der Waals surface area (Å²) in [6, 6.07) is 14.7. The van der Waals surface area contributed by atoms with Gasteiger partial charge in [-0.1, -0.05) is 30.3 Å². The number of halogens is 1. The summed E-state index contributed by atoms with van der Waals surface area (Å²) in [7, 11) is -3.54. The van der Waals surface area contributed by atoms with Gasteiger partial charge >= 0.3 is 0 Å². The monoisotopic (exact) mass is 427 g/mol. The maximum absolute atomic E-state index is 14.0. The van der Waals surface area contributed by atoms with E-state index in [0.29, 0.717) is 42.4 Å². The summed E-state index contributed by atoms with van der Waals surface area (Å²) in [5.74, 6) is 0.173. The Morgan fingerprint density at radius 1 is 0.967 bits per heavy atom. The molecule has 0 bridgehead atoms. The Morgan fingerprint density at radius 2 is 1.77 bits per heavy atom. The van der Waals surface area contributed by atoms with Crippen molar-refractivity contribution in [2.75, 3.05) is 17.7 Å². The number of fused-ring (bicyclic) bond motifs is 2. The number of amides is 1. The summed E-state index contributed by atoms with van der Waals surface area (Å²) in [5.41, 5.74) is 1.86. The van der Waals surface area contributed by atoms with Crippen LogP contribution in [0.25, 0.3) is 10.8 Å². The number of unbranched alkanes of at least 4 members (excludes halogenated alkanes) is 1. The number of carbonyl (C=O) groups is 1. The molecule has 3 aromatic rings. The standard InChI is InChI=1S/C23H22FNO4S/c24-20-10-11-22(19-6-2-1-5-18(19)20)30(27,28)14-4-3-13-29-17-9-7-16-8-12-23(26)25-21(16)15-17/h1-2,5-7,9-11,15H,3-4,8,12-14H2,(H,25,26). The van der Waals surface area contributed by atoms with Gasteiger partial charge in [0.2, 0.25) is 5.91 Å². The van der Waals surface area contributed by atoms with Crippen molar-refractivity contribution >= 4 is 32.2 Å². The molecule has 7 heteroatoms. The third-order valence-electron chi connectivity index (χ3n) is 5.22. The highest BCUT2D eigenvalue weighted by atomic mass is 32.2. The number of anilines is 1. The summed E-state index contributed by atoms with van der Waals surface area (Å²) >= 11 is 0. The number of hydrogen-bond acceptors (Lipinski definition) is 4. The van der Waals surface area contributed by atoms with Crippen LogP contribution in [0.4, 0.5) is 10.1 Å². The van der Waals surface area contributed by atoms with Gasteiger partial charge in [-0.25, -0.2) is 12.8 Å². The molecule has 1 aliphatic heterocycles. The van der Waals surface area contributed by atoms with Crippen LogP contribution in [0.5, 0.6) is 5.75 Å². The highest BCUT2D eigenvalue weighted by molar-refractivity contribution is 7.91. The molecule has 3 aromatic carbocycles. The lowest BCUT2D eigenvalue weighted by Gasteiger charge is -2.17. The number of hydrogen-bond donors (Lipinski definition) is 1. The fourth-order valence-corrected chi connectivity index (χ4v) is 5.23. The molecule has 0 aromatic heterocycles. The zero-order valence-corrected chi connectivity index (χ0v) is 17.2. The Kier molecular flexibility index (Phi) is 5.72.